The van der Waals surface area contributed by atoms with Crippen LogP contribution in [-0.4, -0.2) is 53.2 Å². The standard InChI is InChI=1S/C24H43N3O6/c1-14(2)12-18(22(30)31)26-20(28)17-10-8-16(9-11-17)13-25-21(29)19(15(3)4)27-23(32)33-24(5,6)7/h14-19H,8-13H2,1-7H3,(H,25,29)(H,26,28)(H,27,32)(H,30,31). The van der Waals surface area contributed by atoms with Crippen LogP contribution < -0.4 is 16.0 Å². The van der Waals surface area contributed by atoms with Crippen molar-refractivity contribution >= 4 is 23.9 Å². The first kappa shape index (κ1) is 28.7. The molecule has 1 rings (SSSR count). The average Bonchev–Trinajstić information content (AvgIpc) is 2.68. The number of aliphatic carboxylic acids is 1. The molecule has 190 valence electrons. The highest BCUT2D eigenvalue weighted by Crippen LogP contribution is 2.29. The second-order valence-electron chi connectivity index (χ2n) is 10.9. The zero-order valence-electron chi connectivity index (χ0n) is 21.2. The highest BCUT2D eigenvalue weighted by atomic mass is 16.6. The van der Waals surface area contributed by atoms with Crippen LogP contribution in [0.25, 0.3) is 0 Å². The van der Waals surface area contributed by atoms with Crippen molar-refractivity contribution in [3.63, 3.8) is 0 Å². The molecule has 0 aliphatic heterocycles. The summed E-state index contributed by atoms with van der Waals surface area (Å²) in [4.78, 5) is 48.7. The topological polar surface area (TPSA) is 134 Å². The molecular formula is C24H43N3O6. The largest absolute Gasteiger partial charge is 0.480 e. The summed E-state index contributed by atoms with van der Waals surface area (Å²) in [6.45, 7) is 13.3. The van der Waals surface area contributed by atoms with E-state index in [9.17, 15) is 24.3 Å². The zero-order valence-corrected chi connectivity index (χ0v) is 21.2. The smallest absolute Gasteiger partial charge is 0.408 e. The number of amides is 3. The quantitative estimate of drug-likeness (QED) is 0.388. The van der Waals surface area contributed by atoms with Crippen LogP contribution in [0.5, 0.6) is 0 Å². The number of hydrogen-bond donors (Lipinski definition) is 4. The Labute approximate surface area is 197 Å². The van der Waals surface area contributed by atoms with Gasteiger partial charge in [-0.05, 0) is 70.6 Å². The monoisotopic (exact) mass is 469 g/mol. The second-order valence-corrected chi connectivity index (χ2v) is 10.9. The highest BCUT2D eigenvalue weighted by molar-refractivity contribution is 5.86. The molecule has 0 saturated heterocycles. The van der Waals surface area contributed by atoms with Crippen LogP contribution in [0.3, 0.4) is 0 Å². The van der Waals surface area contributed by atoms with Gasteiger partial charge in [-0.3, -0.25) is 9.59 Å². The molecule has 1 aliphatic carbocycles. The Morgan fingerprint density at radius 1 is 0.970 bits per heavy atom. The average molecular weight is 470 g/mol. The maximum Gasteiger partial charge on any atom is 0.408 e. The number of carboxylic acids is 1. The maximum atomic E-state index is 12.7. The highest BCUT2D eigenvalue weighted by Gasteiger charge is 2.31. The lowest BCUT2D eigenvalue weighted by molar-refractivity contribution is -0.143. The molecule has 33 heavy (non-hydrogen) atoms. The van der Waals surface area contributed by atoms with E-state index in [0.717, 1.165) is 12.8 Å². The molecule has 1 saturated carbocycles. The fourth-order valence-electron chi connectivity index (χ4n) is 3.94. The van der Waals surface area contributed by atoms with Crippen LogP contribution in [0.4, 0.5) is 4.79 Å². The Morgan fingerprint density at radius 2 is 1.55 bits per heavy atom. The number of carboxylic acid groups (broad SMARTS) is 1. The minimum absolute atomic E-state index is 0.107. The lowest BCUT2D eigenvalue weighted by Gasteiger charge is -2.30. The van der Waals surface area contributed by atoms with Crippen LogP contribution in [0, 0.1) is 23.7 Å². The van der Waals surface area contributed by atoms with Crippen molar-refractivity contribution in [2.45, 2.75) is 98.3 Å². The molecule has 9 heteroatoms. The van der Waals surface area contributed by atoms with Crippen LogP contribution >= 0.6 is 0 Å². The molecule has 0 radical (unpaired) electrons. The minimum atomic E-state index is -1.01. The van der Waals surface area contributed by atoms with E-state index in [0.29, 0.717) is 25.8 Å². The van der Waals surface area contributed by atoms with Crippen molar-refractivity contribution in [2.24, 2.45) is 23.7 Å². The van der Waals surface area contributed by atoms with Gasteiger partial charge in [0.1, 0.15) is 17.7 Å². The third kappa shape index (κ3) is 10.9. The molecule has 4 N–H and O–H groups in total. The fourth-order valence-corrected chi connectivity index (χ4v) is 3.94. The van der Waals surface area contributed by atoms with E-state index in [4.69, 9.17) is 4.74 Å². The van der Waals surface area contributed by atoms with Gasteiger partial charge in [-0.1, -0.05) is 27.7 Å². The molecule has 0 bridgehead atoms. The Balaban J connectivity index is 2.50. The first-order valence-electron chi connectivity index (χ1n) is 12.0. The summed E-state index contributed by atoms with van der Waals surface area (Å²) in [6.07, 6.45) is 2.63. The van der Waals surface area contributed by atoms with Crippen LogP contribution in [0.2, 0.25) is 0 Å². The number of carbonyl (C=O) groups is 4. The van der Waals surface area contributed by atoms with E-state index in [2.05, 4.69) is 16.0 Å². The molecule has 0 aromatic carbocycles. The third-order valence-corrected chi connectivity index (χ3v) is 5.73. The lowest BCUT2D eigenvalue weighted by Crippen LogP contribution is -2.51. The summed E-state index contributed by atoms with van der Waals surface area (Å²) in [7, 11) is 0. The van der Waals surface area contributed by atoms with E-state index in [1.54, 1.807) is 20.8 Å². The minimum Gasteiger partial charge on any atom is -0.480 e. The number of nitrogens with one attached hydrogen (secondary N) is 3. The van der Waals surface area contributed by atoms with Gasteiger partial charge in [-0.2, -0.15) is 0 Å². The van der Waals surface area contributed by atoms with Crippen molar-refractivity contribution in [2.75, 3.05) is 6.54 Å². The molecule has 0 spiro atoms. The molecular weight excluding hydrogens is 426 g/mol. The molecule has 2 atom stereocenters. The molecule has 1 fully saturated rings. The molecule has 0 aromatic rings. The molecule has 0 heterocycles. The zero-order chi connectivity index (χ0) is 25.3. The van der Waals surface area contributed by atoms with Gasteiger partial charge < -0.3 is 25.8 Å². The summed E-state index contributed by atoms with van der Waals surface area (Å²) in [5, 5.41) is 17.6. The molecule has 2 unspecified atom stereocenters. The van der Waals surface area contributed by atoms with Gasteiger partial charge in [0.15, 0.2) is 0 Å². The molecule has 1 aliphatic rings. The molecule has 0 aromatic heterocycles. The maximum absolute atomic E-state index is 12.7. The van der Waals surface area contributed by atoms with Crippen molar-refractivity contribution in [1.82, 2.24) is 16.0 Å². The SMILES string of the molecule is CC(C)CC(NC(=O)C1CCC(CNC(=O)C(NC(=O)OC(C)(C)C)C(C)C)CC1)C(=O)O. The summed E-state index contributed by atoms with van der Waals surface area (Å²) in [5.74, 6) is -1.37. The number of alkyl carbamates (subject to hydrolysis) is 1. The van der Waals surface area contributed by atoms with Gasteiger partial charge in [-0.15, -0.1) is 0 Å². The summed E-state index contributed by atoms with van der Waals surface area (Å²) < 4.78 is 5.26. The van der Waals surface area contributed by atoms with Crippen molar-refractivity contribution in [3.8, 4) is 0 Å². The van der Waals surface area contributed by atoms with Gasteiger partial charge in [-0.25, -0.2) is 9.59 Å². The first-order valence-corrected chi connectivity index (χ1v) is 12.0. The predicted octanol–water partition coefficient (Wildman–Crippen LogP) is 3.07. The fraction of sp³-hybridized carbons (Fsp3) is 0.833. The van der Waals surface area contributed by atoms with Crippen molar-refractivity contribution in [1.29, 1.82) is 0 Å². The summed E-state index contributed by atoms with van der Waals surface area (Å²) in [5.41, 5.74) is -0.647. The Bertz CT molecular complexity index is 678. The number of hydrogen-bond acceptors (Lipinski definition) is 5. The summed E-state index contributed by atoms with van der Waals surface area (Å²) >= 11 is 0. The number of carbonyl (C=O) groups excluding carboxylic acids is 3. The first-order chi connectivity index (χ1) is 15.2. The number of rotatable bonds is 10. The van der Waals surface area contributed by atoms with Crippen molar-refractivity contribution < 1.29 is 29.0 Å². The van der Waals surface area contributed by atoms with Gasteiger partial charge in [0.25, 0.3) is 0 Å². The predicted molar refractivity (Wildman–Crippen MR) is 125 cm³/mol. The Kier molecular flexibility index (Phi) is 11.1. The Hall–Kier alpha value is -2.32. The summed E-state index contributed by atoms with van der Waals surface area (Å²) in [6, 6.07) is -1.56. The second kappa shape index (κ2) is 12.8. The van der Waals surface area contributed by atoms with Crippen LogP contribution in [0.1, 0.15) is 80.6 Å². The molecule has 9 nitrogen and oxygen atoms in total. The number of ether oxygens (including phenoxy) is 1. The van der Waals surface area contributed by atoms with E-state index in [-0.39, 0.29) is 35.5 Å². The van der Waals surface area contributed by atoms with Crippen molar-refractivity contribution in [3.05, 3.63) is 0 Å². The molecule has 3 amide bonds. The normalized spacial score (nSPS) is 20.6. The Morgan fingerprint density at radius 3 is 2.00 bits per heavy atom. The van der Waals surface area contributed by atoms with Gasteiger partial charge in [0.05, 0.1) is 0 Å². The van der Waals surface area contributed by atoms with Crippen LogP contribution in [-0.2, 0) is 19.1 Å². The van der Waals surface area contributed by atoms with E-state index in [1.165, 1.54) is 0 Å². The van der Waals surface area contributed by atoms with E-state index >= 15 is 0 Å². The third-order valence-electron chi connectivity index (χ3n) is 5.73. The van der Waals surface area contributed by atoms with Crippen LogP contribution in [0.15, 0.2) is 0 Å². The lowest BCUT2D eigenvalue weighted by atomic mass is 9.81. The van der Waals surface area contributed by atoms with E-state index < -0.39 is 29.7 Å². The van der Waals surface area contributed by atoms with Gasteiger partial charge >= 0.3 is 12.1 Å². The van der Waals surface area contributed by atoms with E-state index in [1.807, 2.05) is 27.7 Å². The van der Waals surface area contributed by atoms with Gasteiger partial charge in [0.2, 0.25) is 11.8 Å². The van der Waals surface area contributed by atoms with Gasteiger partial charge in [0, 0.05) is 12.5 Å².